The van der Waals surface area contributed by atoms with Gasteiger partial charge in [0.15, 0.2) is 6.79 Å². The maximum Gasteiger partial charge on any atom is 0.189 e. The molecule has 0 radical (unpaired) electrons. The molecule has 0 aliphatic carbocycles. The molecule has 2 aromatic rings. The highest BCUT2D eigenvalue weighted by molar-refractivity contribution is 5.63. The van der Waals surface area contributed by atoms with Gasteiger partial charge in [-0.3, -0.25) is 0 Å². The second-order valence-electron chi connectivity index (χ2n) is 6.71. The van der Waals surface area contributed by atoms with Gasteiger partial charge in [0.25, 0.3) is 0 Å². The van der Waals surface area contributed by atoms with E-state index < -0.39 is 0 Å². The summed E-state index contributed by atoms with van der Waals surface area (Å²) >= 11 is 0. The largest absolute Gasteiger partial charge is 0.468 e. The Morgan fingerprint density at radius 1 is 0.808 bits per heavy atom. The molecule has 3 heteroatoms. The van der Waals surface area contributed by atoms with Crippen LogP contribution in [0.3, 0.4) is 0 Å². The predicted octanol–water partition coefficient (Wildman–Crippen LogP) is 5.82. The summed E-state index contributed by atoms with van der Waals surface area (Å²) in [6.07, 6.45) is 7.15. The molecular formula is C23H32O3. The van der Waals surface area contributed by atoms with Crippen LogP contribution in [0.5, 0.6) is 5.75 Å². The van der Waals surface area contributed by atoms with Crippen molar-refractivity contribution in [2.45, 2.75) is 58.0 Å². The van der Waals surface area contributed by atoms with Crippen molar-refractivity contribution in [2.24, 2.45) is 0 Å². The van der Waals surface area contributed by atoms with Crippen LogP contribution in [0.2, 0.25) is 0 Å². The first kappa shape index (κ1) is 20.5. The monoisotopic (exact) mass is 356 g/mol. The van der Waals surface area contributed by atoms with Crippen LogP contribution < -0.4 is 4.74 Å². The van der Waals surface area contributed by atoms with Crippen molar-refractivity contribution in [1.29, 1.82) is 0 Å². The van der Waals surface area contributed by atoms with Crippen LogP contribution in [0, 0.1) is 0 Å². The number of benzene rings is 2. The highest BCUT2D eigenvalue weighted by atomic mass is 16.7. The van der Waals surface area contributed by atoms with E-state index in [0.29, 0.717) is 6.61 Å². The fraction of sp³-hybridized carbons (Fsp3) is 0.478. The summed E-state index contributed by atoms with van der Waals surface area (Å²) in [4.78, 5) is 0. The molecule has 142 valence electrons. The van der Waals surface area contributed by atoms with Crippen LogP contribution in [0.15, 0.2) is 54.6 Å². The zero-order valence-electron chi connectivity index (χ0n) is 15.9. The van der Waals surface area contributed by atoms with Gasteiger partial charge >= 0.3 is 0 Å². The van der Waals surface area contributed by atoms with Crippen LogP contribution in [-0.4, -0.2) is 24.6 Å². The molecule has 1 N–H and O–H groups in total. The van der Waals surface area contributed by atoms with Crippen molar-refractivity contribution in [3.05, 3.63) is 54.6 Å². The van der Waals surface area contributed by atoms with Gasteiger partial charge in [-0.2, -0.15) is 0 Å². The van der Waals surface area contributed by atoms with Crippen LogP contribution >= 0.6 is 0 Å². The van der Waals surface area contributed by atoms with Crippen LogP contribution in [-0.2, 0) is 4.74 Å². The van der Waals surface area contributed by atoms with Crippen LogP contribution in [0.1, 0.15) is 51.9 Å². The number of hydrogen-bond acceptors (Lipinski definition) is 3. The Morgan fingerprint density at radius 3 is 2.23 bits per heavy atom. The molecule has 26 heavy (non-hydrogen) atoms. The van der Waals surface area contributed by atoms with E-state index in [9.17, 15) is 5.11 Å². The highest BCUT2D eigenvalue weighted by Crippen LogP contribution is 2.22. The summed E-state index contributed by atoms with van der Waals surface area (Å²) in [5, 5.41) is 9.79. The molecule has 0 amide bonds. The van der Waals surface area contributed by atoms with Crippen molar-refractivity contribution in [3.63, 3.8) is 0 Å². The second kappa shape index (κ2) is 12.5. The third-order valence-electron chi connectivity index (χ3n) is 4.49. The number of aliphatic hydroxyl groups excluding tert-OH is 1. The van der Waals surface area contributed by atoms with Gasteiger partial charge in [-0.25, -0.2) is 0 Å². The summed E-state index contributed by atoms with van der Waals surface area (Å²) in [6, 6.07) is 18.4. The van der Waals surface area contributed by atoms with E-state index in [1.54, 1.807) is 0 Å². The van der Waals surface area contributed by atoms with Crippen molar-refractivity contribution in [1.82, 2.24) is 0 Å². The van der Waals surface area contributed by atoms with Gasteiger partial charge in [0, 0.05) is 0 Å². The van der Waals surface area contributed by atoms with Crippen molar-refractivity contribution < 1.29 is 14.6 Å². The van der Waals surface area contributed by atoms with E-state index in [0.717, 1.165) is 50.7 Å². The molecule has 0 spiro atoms. The lowest BCUT2D eigenvalue weighted by atomic mass is 10.1. The van der Waals surface area contributed by atoms with Gasteiger partial charge in [0.2, 0.25) is 0 Å². The standard InChI is InChI=1S/C23H32O3/c1-2-3-12-22(24)13-8-5-9-18-25-19-26-23-16-14-21(15-17-23)20-10-6-4-7-11-20/h4,6-7,10-11,14-17,22,24H,2-3,5,8-9,12-13,18-19H2,1H3. The quantitative estimate of drug-likeness (QED) is 0.363. The maximum absolute atomic E-state index is 9.79. The van der Waals surface area contributed by atoms with Gasteiger partial charge in [-0.1, -0.05) is 75.1 Å². The molecule has 0 saturated carbocycles. The Kier molecular flexibility index (Phi) is 9.84. The molecule has 3 nitrogen and oxygen atoms in total. The summed E-state index contributed by atoms with van der Waals surface area (Å²) in [6.45, 7) is 3.14. The topological polar surface area (TPSA) is 38.7 Å². The SMILES string of the molecule is CCCCC(O)CCCCCOCOc1ccc(-c2ccccc2)cc1. The summed E-state index contributed by atoms with van der Waals surface area (Å²) in [5.74, 6) is 0.823. The number of ether oxygens (including phenoxy) is 2. The molecule has 1 atom stereocenters. The molecule has 0 heterocycles. The minimum atomic E-state index is -0.127. The Labute approximate surface area is 158 Å². The average molecular weight is 357 g/mol. The zero-order chi connectivity index (χ0) is 18.5. The number of unbranched alkanes of at least 4 members (excludes halogenated alkanes) is 3. The predicted molar refractivity (Wildman–Crippen MR) is 107 cm³/mol. The number of rotatable bonds is 13. The van der Waals surface area contributed by atoms with E-state index >= 15 is 0 Å². The smallest absolute Gasteiger partial charge is 0.189 e. The van der Waals surface area contributed by atoms with Gasteiger partial charge < -0.3 is 14.6 Å². The molecule has 2 rings (SSSR count). The highest BCUT2D eigenvalue weighted by Gasteiger charge is 2.03. The maximum atomic E-state index is 9.79. The Balaban J connectivity index is 1.52. The summed E-state index contributed by atoms with van der Waals surface area (Å²) in [7, 11) is 0. The van der Waals surface area contributed by atoms with E-state index in [4.69, 9.17) is 9.47 Å². The zero-order valence-corrected chi connectivity index (χ0v) is 15.9. The van der Waals surface area contributed by atoms with Gasteiger partial charge in [-0.15, -0.1) is 0 Å². The minimum Gasteiger partial charge on any atom is -0.468 e. The van der Waals surface area contributed by atoms with Crippen molar-refractivity contribution in [2.75, 3.05) is 13.4 Å². The molecule has 1 unspecified atom stereocenters. The molecular weight excluding hydrogens is 324 g/mol. The molecule has 2 aromatic carbocycles. The first-order valence-electron chi connectivity index (χ1n) is 9.83. The lowest BCUT2D eigenvalue weighted by molar-refractivity contribution is 0.0132. The summed E-state index contributed by atoms with van der Waals surface area (Å²) in [5.41, 5.74) is 2.38. The Morgan fingerprint density at radius 2 is 1.50 bits per heavy atom. The third-order valence-corrected chi connectivity index (χ3v) is 4.49. The molecule has 0 bridgehead atoms. The van der Waals surface area contributed by atoms with E-state index in [-0.39, 0.29) is 12.9 Å². The fourth-order valence-corrected chi connectivity index (χ4v) is 2.89. The van der Waals surface area contributed by atoms with Crippen LogP contribution in [0.25, 0.3) is 11.1 Å². The second-order valence-corrected chi connectivity index (χ2v) is 6.71. The van der Waals surface area contributed by atoms with Gasteiger partial charge in [0.05, 0.1) is 12.7 Å². The van der Waals surface area contributed by atoms with Crippen molar-refractivity contribution >= 4 is 0 Å². The number of hydrogen-bond donors (Lipinski definition) is 1. The number of aliphatic hydroxyl groups is 1. The third kappa shape index (κ3) is 8.03. The van der Waals surface area contributed by atoms with Crippen molar-refractivity contribution in [3.8, 4) is 16.9 Å². The van der Waals surface area contributed by atoms with E-state index in [1.165, 1.54) is 11.1 Å². The molecule has 0 aromatic heterocycles. The normalized spacial score (nSPS) is 12.1. The molecule has 0 aliphatic heterocycles. The first-order chi connectivity index (χ1) is 12.8. The molecule has 0 fully saturated rings. The van der Waals surface area contributed by atoms with Crippen LogP contribution in [0.4, 0.5) is 0 Å². The van der Waals surface area contributed by atoms with Gasteiger partial charge in [-0.05, 0) is 42.5 Å². The van der Waals surface area contributed by atoms with E-state index in [1.807, 2.05) is 30.3 Å². The average Bonchev–Trinajstić information content (AvgIpc) is 2.69. The lowest BCUT2D eigenvalue weighted by Gasteiger charge is -2.10. The fourth-order valence-electron chi connectivity index (χ4n) is 2.89. The molecule has 0 aliphatic rings. The Bertz CT molecular complexity index is 580. The van der Waals surface area contributed by atoms with E-state index in [2.05, 4.69) is 31.2 Å². The minimum absolute atomic E-state index is 0.127. The Hall–Kier alpha value is -1.84. The van der Waals surface area contributed by atoms with Gasteiger partial charge in [0.1, 0.15) is 5.75 Å². The lowest BCUT2D eigenvalue weighted by Crippen LogP contribution is -2.07. The summed E-state index contributed by atoms with van der Waals surface area (Å²) < 4.78 is 11.2. The first-order valence-corrected chi connectivity index (χ1v) is 9.83. The molecule has 0 saturated heterocycles.